The van der Waals surface area contributed by atoms with Crippen LogP contribution in [-0.2, 0) is 0 Å². The highest BCUT2D eigenvalue weighted by Crippen LogP contribution is 2.32. The number of fused-ring (bicyclic) bond motifs is 1. The number of anilines is 1. The van der Waals surface area contributed by atoms with Gasteiger partial charge in [0, 0.05) is 4.88 Å². The number of hydrogen-bond acceptors (Lipinski definition) is 4. The lowest BCUT2D eigenvalue weighted by Gasteiger charge is -2.09. The van der Waals surface area contributed by atoms with E-state index in [1.165, 1.54) is 17.7 Å². The van der Waals surface area contributed by atoms with Crippen LogP contribution in [-0.4, -0.2) is 22.7 Å². The molecule has 0 atom stereocenters. The highest BCUT2D eigenvalue weighted by molar-refractivity contribution is 7.18. The molecule has 2 aromatic heterocycles. The molecular weight excluding hydrogens is 251 g/mol. The molecule has 2 heterocycles. The van der Waals surface area contributed by atoms with E-state index in [0.717, 1.165) is 10.4 Å². The van der Waals surface area contributed by atoms with Gasteiger partial charge in [-0.15, -0.1) is 11.3 Å². The Kier molecular flexibility index (Phi) is 2.94. The summed E-state index contributed by atoms with van der Waals surface area (Å²) in [6.45, 7) is 2.68. The number of thiophene rings is 1. The summed E-state index contributed by atoms with van der Waals surface area (Å²) < 4.78 is 36.4. The van der Waals surface area contributed by atoms with Gasteiger partial charge in [0.1, 0.15) is 23.5 Å². The van der Waals surface area contributed by atoms with E-state index in [4.69, 9.17) is 0 Å². The molecule has 2 aromatic rings. The van der Waals surface area contributed by atoms with Crippen LogP contribution in [0.25, 0.3) is 10.2 Å². The Morgan fingerprint density at radius 1 is 1.29 bits per heavy atom. The molecule has 0 aliphatic rings. The number of aryl methyl sites for hydroxylation is 2. The van der Waals surface area contributed by atoms with E-state index in [2.05, 4.69) is 15.3 Å². The average Bonchev–Trinajstić information content (AvgIpc) is 2.52. The summed E-state index contributed by atoms with van der Waals surface area (Å²) in [7, 11) is 0. The largest absolute Gasteiger partial charge is 0.405 e. The SMILES string of the molecule is Cc1sc2ncnc(NCC(F)(F)F)c2c1C. The summed E-state index contributed by atoms with van der Waals surface area (Å²) in [5, 5.41) is 2.99. The van der Waals surface area contributed by atoms with E-state index in [0.29, 0.717) is 10.2 Å². The molecule has 0 aliphatic carbocycles. The molecular formula is C10H10F3N3S. The first kappa shape index (κ1) is 12.1. The maximum absolute atomic E-state index is 12.1. The van der Waals surface area contributed by atoms with Gasteiger partial charge in [-0.05, 0) is 19.4 Å². The lowest BCUT2D eigenvalue weighted by Crippen LogP contribution is -2.21. The van der Waals surface area contributed by atoms with Crippen LogP contribution in [0.3, 0.4) is 0 Å². The second-order valence-corrected chi connectivity index (χ2v) is 4.86. The number of nitrogens with one attached hydrogen (secondary N) is 1. The van der Waals surface area contributed by atoms with Gasteiger partial charge in [-0.25, -0.2) is 9.97 Å². The van der Waals surface area contributed by atoms with Crippen molar-refractivity contribution in [2.24, 2.45) is 0 Å². The van der Waals surface area contributed by atoms with Crippen LogP contribution in [0, 0.1) is 13.8 Å². The highest BCUT2D eigenvalue weighted by atomic mass is 32.1. The molecule has 0 aromatic carbocycles. The number of rotatable bonds is 2. The van der Waals surface area contributed by atoms with Gasteiger partial charge in [-0.3, -0.25) is 0 Å². The molecule has 0 unspecified atom stereocenters. The number of alkyl halides is 3. The van der Waals surface area contributed by atoms with Crippen molar-refractivity contribution in [3.8, 4) is 0 Å². The molecule has 92 valence electrons. The fraction of sp³-hybridized carbons (Fsp3) is 0.400. The number of nitrogens with zero attached hydrogens (tertiary/aromatic N) is 2. The van der Waals surface area contributed by atoms with Gasteiger partial charge < -0.3 is 5.32 Å². The van der Waals surface area contributed by atoms with Crippen LogP contribution < -0.4 is 5.32 Å². The van der Waals surface area contributed by atoms with Crippen molar-refractivity contribution < 1.29 is 13.2 Å². The molecule has 3 nitrogen and oxygen atoms in total. The lowest BCUT2D eigenvalue weighted by atomic mass is 10.2. The Balaban J connectivity index is 2.40. The Hall–Kier alpha value is -1.37. The monoisotopic (exact) mass is 261 g/mol. The van der Waals surface area contributed by atoms with Crippen molar-refractivity contribution in [1.29, 1.82) is 0 Å². The number of hydrogen-bond donors (Lipinski definition) is 1. The molecule has 0 radical (unpaired) electrons. The Morgan fingerprint density at radius 3 is 2.65 bits per heavy atom. The molecule has 0 fully saturated rings. The molecule has 0 bridgehead atoms. The average molecular weight is 261 g/mol. The summed E-state index contributed by atoms with van der Waals surface area (Å²) in [5.74, 6) is 0.245. The third kappa shape index (κ3) is 2.49. The second-order valence-electron chi connectivity index (χ2n) is 3.65. The number of aromatic nitrogens is 2. The number of halogens is 3. The third-order valence-corrected chi connectivity index (χ3v) is 3.54. The maximum atomic E-state index is 12.1. The normalized spacial score (nSPS) is 12.1. The van der Waals surface area contributed by atoms with Gasteiger partial charge in [-0.2, -0.15) is 13.2 Å². The van der Waals surface area contributed by atoms with E-state index in [-0.39, 0.29) is 5.82 Å². The van der Waals surface area contributed by atoms with Gasteiger partial charge in [0.2, 0.25) is 0 Å². The zero-order valence-electron chi connectivity index (χ0n) is 9.22. The smallest absolute Gasteiger partial charge is 0.361 e. The Labute approximate surface area is 99.7 Å². The van der Waals surface area contributed by atoms with Gasteiger partial charge >= 0.3 is 6.18 Å². The fourth-order valence-electron chi connectivity index (χ4n) is 1.50. The molecule has 7 heteroatoms. The van der Waals surface area contributed by atoms with Crippen LogP contribution in [0.5, 0.6) is 0 Å². The molecule has 0 saturated carbocycles. The van der Waals surface area contributed by atoms with E-state index < -0.39 is 12.7 Å². The van der Waals surface area contributed by atoms with Gasteiger partial charge in [0.05, 0.1) is 5.39 Å². The van der Waals surface area contributed by atoms with Crippen LogP contribution in [0.2, 0.25) is 0 Å². The standard InChI is InChI=1S/C10H10F3N3S/c1-5-6(2)17-9-7(5)8(15-4-16-9)14-3-10(11,12)13/h4H,3H2,1-2H3,(H,14,15,16). The van der Waals surface area contributed by atoms with Crippen LogP contribution >= 0.6 is 11.3 Å². The molecule has 0 amide bonds. The van der Waals surface area contributed by atoms with E-state index in [1.807, 2.05) is 13.8 Å². The summed E-state index contributed by atoms with van der Waals surface area (Å²) in [5.41, 5.74) is 0.926. The minimum atomic E-state index is -4.25. The second kappa shape index (κ2) is 4.14. The van der Waals surface area contributed by atoms with Crippen LogP contribution in [0.1, 0.15) is 10.4 Å². The van der Waals surface area contributed by atoms with Crippen molar-refractivity contribution in [2.45, 2.75) is 20.0 Å². The van der Waals surface area contributed by atoms with Crippen molar-refractivity contribution in [2.75, 3.05) is 11.9 Å². The first-order valence-electron chi connectivity index (χ1n) is 4.90. The first-order chi connectivity index (χ1) is 7.88. The Bertz CT molecular complexity index is 547. The molecule has 2 rings (SSSR count). The van der Waals surface area contributed by atoms with E-state index >= 15 is 0 Å². The zero-order chi connectivity index (χ0) is 12.6. The highest BCUT2D eigenvalue weighted by Gasteiger charge is 2.27. The van der Waals surface area contributed by atoms with Crippen molar-refractivity contribution in [3.05, 3.63) is 16.8 Å². The van der Waals surface area contributed by atoms with Crippen LogP contribution in [0.15, 0.2) is 6.33 Å². The maximum Gasteiger partial charge on any atom is 0.405 e. The topological polar surface area (TPSA) is 37.8 Å². The molecule has 0 aliphatic heterocycles. The lowest BCUT2D eigenvalue weighted by molar-refractivity contribution is -0.115. The third-order valence-electron chi connectivity index (χ3n) is 2.42. The predicted molar refractivity (Wildman–Crippen MR) is 61.4 cm³/mol. The zero-order valence-corrected chi connectivity index (χ0v) is 10.0. The first-order valence-corrected chi connectivity index (χ1v) is 5.71. The fourth-order valence-corrected chi connectivity index (χ4v) is 2.50. The molecule has 1 N–H and O–H groups in total. The molecule has 0 spiro atoms. The quantitative estimate of drug-likeness (QED) is 0.901. The van der Waals surface area contributed by atoms with Gasteiger partial charge in [0.15, 0.2) is 0 Å². The summed E-state index contributed by atoms with van der Waals surface area (Å²) in [4.78, 5) is 9.67. The van der Waals surface area contributed by atoms with Crippen molar-refractivity contribution >= 4 is 27.4 Å². The summed E-state index contributed by atoms with van der Waals surface area (Å²) in [6.07, 6.45) is -2.98. The van der Waals surface area contributed by atoms with Crippen molar-refractivity contribution in [3.63, 3.8) is 0 Å². The van der Waals surface area contributed by atoms with Gasteiger partial charge in [-0.1, -0.05) is 0 Å². The minimum Gasteiger partial charge on any atom is -0.361 e. The molecule has 17 heavy (non-hydrogen) atoms. The molecule has 0 saturated heterocycles. The summed E-state index contributed by atoms with van der Waals surface area (Å²) in [6, 6.07) is 0. The van der Waals surface area contributed by atoms with E-state index in [1.54, 1.807) is 0 Å². The van der Waals surface area contributed by atoms with Gasteiger partial charge in [0.25, 0.3) is 0 Å². The van der Waals surface area contributed by atoms with Crippen molar-refractivity contribution in [1.82, 2.24) is 9.97 Å². The van der Waals surface area contributed by atoms with E-state index in [9.17, 15) is 13.2 Å². The predicted octanol–water partition coefficient (Wildman–Crippen LogP) is 3.28. The van der Waals surface area contributed by atoms with Crippen LogP contribution in [0.4, 0.5) is 19.0 Å². The summed E-state index contributed by atoms with van der Waals surface area (Å²) >= 11 is 1.45. The Morgan fingerprint density at radius 2 is 2.00 bits per heavy atom. The minimum absolute atomic E-state index is 0.245.